The van der Waals surface area contributed by atoms with E-state index in [9.17, 15) is 9.59 Å². The van der Waals surface area contributed by atoms with E-state index in [1.807, 2.05) is 26.0 Å². The Morgan fingerprint density at radius 2 is 1.96 bits per heavy atom. The molecule has 0 bridgehead atoms. The summed E-state index contributed by atoms with van der Waals surface area (Å²) in [6, 6.07) is 7.13. The Bertz CT molecular complexity index is 1010. The summed E-state index contributed by atoms with van der Waals surface area (Å²) >= 11 is 7.45. The van der Waals surface area contributed by atoms with Crippen molar-refractivity contribution in [3.8, 4) is 11.4 Å². The first-order valence-corrected chi connectivity index (χ1v) is 9.06. The molecule has 0 amide bonds. The van der Waals surface area contributed by atoms with Gasteiger partial charge in [0.2, 0.25) is 0 Å². The van der Waals surface area contributed by atoms with E-state index in [2.05, 4.69) is 0 Å². The van der Waals surface area contributed by atoms with Crippen LogP contribution in [0.2, 0.25) is 5.02 Å². The highest BCUT2D eigenvalue weighted by atomic mass is 35.5. The van der Waals surface area contributed by atoms with Gasteiger partial charge in [0.1, 0.15) is 10.7 Å². The Morgan fingerprint density at radius 1 is 1.28 bits per heavy atom. The minimum atomic E-state index is -0.877. The van der Waals surface area contributed by atoms with E-state index in [0.29, 0.717) is 34.0 Å². The van der Waals surface area contributed by atoms with Gasteiger partial charge in [0.25, 0.3) is 5.56 Å². The van der Waals surface area contributed by atoms with E-state index in [1.54, 1.807) is 16.7 Å². The third-order valence-electron chi connectivity index (χ3n) is 4.16. The van der Waals surface area contributed by atoms with Crippen LogP contribution in [0.3, 0.4) is 0 Å². The fourth-order valence-corrected chi connectivity index (χ4v) is 3.89. The Balaban J connectivity index is 2.20. The summed E-state index contributed by atoms with van der Waals surface area (Å²) in [4.78, 5) is 30.4. The SMILES string of the molecule is Cc1sc2nc(-c3ccc(Cl)cc3)n(CCCC(=O)O)c(=O)c2c1C. The van der Waals surface area contributed by atoms with Crippen LogP contribution in [0, 0.1) is 13.8 Å². The topological polar surface area (TPSA) is 72.2 Å². The van der Waals surface area contributed by atoms with Crippen LogP contribution in [0.4, 0.5) is 0 Å². The smallest absolute Gasteiger partial charge is 0.303 e. The van der Waals surface area contributed by atoms with Crippen molar-refractivity contribution in [2.45, 2.75) is 33.2 Å². The van der Waals surface area contributed by atoms with Gasteiger partial charge in [0.05, 0.1) is 5.39 Å². The van der Waals surface area contributed by atoms with Crippen molar-refractivity contribution < 1.29 is 9.90 Å². The summed E-state index contributed by atoms with van der Waals surface area (Å²) in [5.41, 5.74) is 1.59. The van der Waals surface area contributed by atoms with Crippen molar-refractivity contribution in [2.24, 2.45) is 0 Å². The van der Waals surface area contributed by atoms with Gasteiger partial charge in [-0.15, -0.1) is 11.3 Å². The standard InChI is InChI=1S/C18H17ClN2O3S/c1-10-11(2)25-17-15(10)18(24)21(9-3-4-14(22)23)16(20-17)12-5-7-13(19)8-6-12/h5-8H,3-4,9H2,1-2H3,(H,22,23). The number of hydrogen-bond donors (Lipinski definition) is 1. The second-order valence-electron chi connectivity index (χ2n) is 5.86. The van der Waals surface area contributed by atoms with Crippen LogP contribution in [-0.4, -0.2) is 20.6 Å². The van der Waals surface area contributed by atoms with Gasteiger partial charge in [0.15, 0.2) is 0 Å². The van der Waals surface area contributed by atoms with Gasteiger partial charge in [-0.25, -0.2) is 4.98 Å². The molecule has 2 aromatic heterocycles. The van der Waals surface area contributed by atoms with Crippen LogP contribution in [0.1, 0.15) is 23.3 Å². The maximum atomic E-state index is 13.1. The highest BCUT2D eigenvalue weighted by Crippen LogP contribution is 2.29. The minimum absolute atomic E-state index is 0.00613. The molecule has 0 aliphatic carbocycles. The van der Waals surface area contributed by atoms with Gasteiger partial charge < -0.3 is 5.11 Å². The molecule has 0 aliphatic rings. The van der Waals surface area contributed by atoms with Crippen molar-refractivity contribution >= 4 is 39.1 Å². The normalized spacial score (nSPS) is 11.2. The molecule has 0 saturated carbocycles. The Kier molecular flexibility index (Phi) is 4.92. The maximum absolute atomic E-state index is 13.1. The summed E-state index contributed by atoms with van der Waals surface area (Å²) in [6.45, 7) is 4.19. The number of carbonyl (C=O) groups is 1. The van der Waals surface area contributed by atoms with Gasteiger partial charge in [-0.1, -0.05) is 11.6 Å². The molecule has 0 aliphatic heterocycles. The molecule has 25 heavy (non-hydrogen) atoms. The number of aryl methyl sites for hydroxylation is 2. The Hall–Kier alpha value is -2.18. The zero-order valence-electron chi connectivity index (χ0n) is 13.9. The van der Waals surface area contributed by atoms with E-state index in [0.717, 1.165) is 16.0 Å². The monoisotopic (exact) mass is 376 g/mol. The van der Waals surface area contributed by atoms with E-state index < -0.39 is 5.97 Å². The van der Waals surface area contributed by atoms with Crippen LogP contribution in [-0.2, 0) is 11.3 Å². The van der Waals surface area contributed by atoms with E-state index in [4.69, 9.17) is 21.7 Å². The number of benzene rings is 1. The minimum Gasteiger partial charge on any atom is -0.481 e. The number of rotatable bonds is 5. The first kappa shape index (κ1) is 17.6. The van der Waals surface area contributed by atoms with Gasteiger partial charge in [-0.2, -0.15) is 0 Å². The van der Waals surface area contributed by atoms with Gasteiger partial charge in [-0.3, -0.25) is 14.2 Å². The summed E-state index contributed by atoms with van der Waals surface area (Å²) < 4.78 is 1.58. The van der Waals surface area contributed by atoms with Crippen molar-refractivity contribution in [1.82, 2.24) is 9.55 Å². The maximum Gasteiger partial charge on any atom is 0.303 e. The lowest BCUT2D eigenvalue weighted by Crippen LogP contribution is -2.24. The molecular formula is C18H17ClN2O3S. The third kappa shape index (κ3) is 3.45. The number of nitrogens with zero attached hydrogens (tertiary/aromatic N) is 2. The number of thiophene rings is 1. The van der Waals surface area contributed by atoms with E-state index in [1.165, 1.54) is 11.3 Å². The molecule has 5 nitrogen and oxygen atoms in total. The number of halogens is 1. The quantitative estimate of drug-likeness (QED) is 0.722. The van der Waals surface area contributed by atoms with Crippen LogP contribution < -0.4 is 5.56 Å². The van der Waals surface area contributed by atoms with Gasteiger partial charge in [0, 0.05) is 28.4 Å². The predicted molar refractivity (Wildman–Crippen MR) is 101 cm³/mol. The molecule has 1 N–H and O–H groups in total. The fraction of sp³-hybridized carbons (Fsp3) is 0.278. The molecule has 0 unspecified atom stereocenters. The van der Waals surface area contributed by atoms with E-state index >= 15 is 0 Å². The lowest BCUT2D eigenvalue weighted by molar-refractivity contribution is -0.137. The van der Waals surface area contributed by atoms with Crippen molar-refractivity contribution in [3.63, 3.8) is 0 Å². The Morgan fingerprint density at radius 3 is 2.60 bits per heavy atom. The zero-order chi connectivity index (χ0) is 18.1. The molecule has 1 aromatic carbocycles. The zero-order valence-corrected chi connectivity index (χ0v) is 15.4. The van der Waals surface area contributed by atoms with E-state index in [-0.39, 0.29) is 12.0 Å². The second-order valence-corrected chi connectivity index (χ2v) is 7.50. The first-order valence-electron chi connectivity index (χ1n) is 7.86. The van der Waals surface area contributed by atoms with Gasteiger partial charge in [-0.05, 0) is 50.1 Å². The molecule has 0 spiro atoms. The number of aliphatic carboxylic acids is 1. The van der Waals surface area contributed by atoms with Crippen LogP contribution in [0.25, 0.3) is 21.6 Å². The molecule has 2 heterocycles. The highest BCUT2D eigenvalue weighted by Gasteiger charge is 2.17. The largest absolute Gasteiger partial charge is 0.481 e. The lowest BCUT2D eigenvalue weighted by atomic mass is 10.1. The van der Waals surface area contributed by atoms with Crippen molar-refractivity contribution in [3.05, 3.63) is 50.1 Å². The van der Waals surface area contributed by atoms with Gasteiger partial charge >= 0.3 is 5.97 Å². The van der Waals surface area contributed by atoms with Crippen LogP contribution in [0.5, 0.6) is 0 Å². The molecule has 0 radical (unpaired) electrons. The average molecular weight is 377 g/mol. The summed E-state index contributed by atoms with van der Waals surface area (Å²) in [6.07, 6.45) is 0.372. The summed E-state index contributed by atoms with van der Waals surface area (Å²) in [5.74, 6) is -0.335. The highest BCUT2D eigenvalue weighted by molar-refractivity contribution is 7.18. The van der Waals surface area contributed by atoms with Crippen LogP contribution in [0.15, 0.2) is 29.1 Å². The molecule has 0 saturated heterocycles. The summed E-state index contributed by atoms with van der Waals surface area (Å²) in [5, 5.41) is 10.1. The fourth-order valence-electron chi connectivity index (χ4n) is 2.74. The van der Waals surface area contributed by atoms with Crippen molar-refractivity contribution in [2.75, 3.05) is 0 Å². The molecule has 0 atom stereocenters. The first-order chi connectivity index (χ1) is 11.9. The third-order valence-corrected chi connectivity index (χ3v) is 5.52. The number of aromatic nitrogens is 2. The summed E-state index contributed by atoms with van der Waals surface area (Å²) in [7, 11) is 0. The number of fused-ring (bicyclic) bond motifs is 1. The lowest BCUT2D eigenvalue weighted by Gasteiger charge is -2.12. The Labute approximate surface area is 153 Å². The second kappa shape index (κ2) is 6.98. The van der Waals surface area contributed by atoms with Crippen molar-refractivity contribution in [1.29, 1.82) is 0 Å². The predicted octanol–water partition coefficient (Wildman–Crippen LogP) is 4.26. The number of carboxylic acids is 1. The molecule has 3 rings (SSSR count). The molecular weight excluding hydrogens is 360 g/mol. The molecule has 3 aromatic rings. The molecule has 7 heteroatoms. The molecule has 130 valence electrons. The molecule has 0 fully saturated rings. The number of hydrogen-bond acceptors (Lipinski definition) is 4. The average Bonchev–Trinajstić information content (AvgIpc) is 2.84. The number of carboxylic acid groups (broad SMARTS) is 1. The van der Waals surface area contributed by atoms with Crippen LogP contribution >= 0.6 is 22.9 Å².